The summed E-state index contributed by atoms with van der Waals surface area (Å²) >= 11 is 15.3. The van der Waals surface area contributed by atoms with Crippen molar-refractivity contribution in [1.82, 2.24) is 19.9 Å². The minimum absolute atomic E-state index is 0.0340. The molecule has 21 heteroatoms. The van der Waals surface area contributed by atoms with Crippen LogP contribution in [0.4, 0.5) is 42.4 Å². The standard InChI is InChI=1S/C20H15BrF3N3O2S.C12H11BrN2S.C8H5ClF3NO2/c1-29-18(28)14-8-12(20(22,23)24)9-25-17(14)27-19-26-15(16(30-19)11-2-3-11)10-4-6-13(21)7-5-10;13-9-5-3-7(4-6-9)10-11(8-1-2-8)16-12(14)15-10;1-15-7(14)5-2-4(8(10,11)12)3-13-6(5)9/h4-9,11H,2-3H2,1H3,(H,25,26,27);3-6,8H,1-2H2,(H2,14,15);2-3H,1H3. The number of pyridine rings is 2. The molecule has 3 N–H and O–H groups in total. The zero-order chi connectivity index (χ0) is 44.2. The number of anilines is 3. The summed E-state index contributed by atoms with van der Waals surface area (Å²) in [4.78, 5) is 41.7. The second-order valence-electron chi connectivity index (χ2n) is 13.3. The molecule has 61 heavy (non-hydrogen) atoms. The fourth-order valence-corrected chi connectivity index (χ4v) is 8.44. The molecule has 2 aliphatic carbocycles. The molecule has 320 valence electrons. The van der Waals surface area contributed by atoms with E-state index >= 15 is 0 Å². The van der Waals surface area contributed by atoms with Crippen molar-refractivity contribution in [2.75, 3.05) is 25.3 Å². The average Bonchev–Trinajstić information content (AvgIpc) is 4.17. The van der Waals surface area contributed by atoms with E-state index in [0.717, 1.165) is 69.5 Å². The van der Waals surface area contributed by atoms with Gasteiger partial charge >= 0.3 is 24.3 Å². The predicted octanol–water partition coefficient (Wildman–Crippen LogP) is 13.0. The van der Waals surface area contributed by atoms with E-state index in [2.05, 4.69) is 78.7 Å². The van der Waals surface area contributed by atoms with E-state index in [-0.39, 0.29) is 16.5 Å². The fraction of sp³-hybridized carbons (Fsp3) is 0.250. The van der Waals surface area contributed by atoms with Crippen LogP contribution in [0.5, 0.6) is 0 Å². The first-order valence-corrected chi connectivity index (χ1v) is 21.5. The number of hydrogen-bond donors (Lipinski definition) is 2. The van der Waals surface area contributed by atoms with Gasteiger partial charge in [0.25, 0.3) is 0 Å². The topological polar surface area (TPSA) is 142 Å². The van der Waals surface area contributed by atoms with Gasteiger partial charge in [-0.2, -0.15) is 26.3 Å². The molecule has 10 nitrogen and oxygen atoms in total. The molecule has 0 saturated heterocycles. The Labute approximate surface area is 374 Å². The molecular formula is C40H31Br2ClF6N6O4S2. The highest BCUT2D eigenvalue weighted by atomic mass is 79.9. The average molecular weight is 1030 g/mol. The molecule has 6 aromatic rings. The van der Waals surface area contributed by atoms with E-state index in [1.54, 1.807) is 11.3 Å². The number of methoxy groups -OCH3 is 2. The van der Waals surface area contributed by atoms with Crippen molar-refractivity contribution < 1.29 is 45.4 Å². The number of nitrogens with one attached hydrogen (secondary N) is 1. The van der Waals surface area contributed by atoms with Gasteiger partial charge in [-0.25, -0.2) is 29.5 Å². The summed E-state index contributed by atoms with van der Waals surface area (Å²) in [6.45, 7) is 0. The summed E-state index contributed by atoms with van der Waals surface area (Å²) < 4.78 is 86.7. The highest BCUT2D eigenvalue weighted by Gasteiger charge is 2.35. The normalized spacial score (nSPS) is 13.6. The number of nitrogens with two attached hydrogens (primary N) is 1. The number of ether oxygens (including phenoxy) is 2. The van der Waals surface area contributed by atoms with Gasteiger partial charge in [-0.1, -0.05) is 67.7 Å². The molecule has 0 bridgehead atoms. The van der Waals surface area contributed by atoms with Gasteiger partial charge < -0.3 is 20.5 Å². The van der Waals surface area contributed by atoms with Gasteiger partial charge in [-0.3, -0.25) is 0 Å². The first-order valence-electron chi connectivity index (χ1n) is 17.9. The van der Waals surface area contributed by atoms with Crippen LogP contribution >= 0.6 is 66.1 Å². The van der Waals surface area contributed by atoms with E-state index in [0.29, 0.717) is 40.6 Å². The number of hydrogen-bond acceptors (Lipinski definition) is 12. The van der Waals surface area contributed by atoms with Crippen molar-refractivity contribution in [2.24, 2.45) is 0 Å². The molecule has 0 atom stereocenters. The van der Waals surface area contributed by atoms with Crippen LogP contribution in [0.25, 0.3) is 22.5 Å². The number of aromatic nitrogens is 4. The fourth-order valence-electron chi connectivity index (χ4n) is 5.55. The van der Waals surface area contributed by atoms with E-state index in [1.807, 2.05) is 36.4 Å². The molecule has 2 fully saturated rings. The summed E-state index contributed by atoms with van der Waals surface area (Å²) in [6, 6.07) is 17.3. The minimum Gasteiger partial charge on any atom is -0.465 e. The number of esters is 2. The second kappa shape index (κ2) is 19.2. The summed E-state index contributed by atoms with van der Waals surface area (Å²) in [5, 5.41) is 3.72. The number of carbonyl (C=O) groups excluding carboxylic acids is 2. The van der Waals surface area contributed by atoms with Crippen molar-refractivity contribution in [3.63, 3.8) is 0 Å². The highest BCUT2D eigenvalue weighted by Crippen LogP contribution is 2.49. The molecule has 0 radical (unpaired) electrons. The molecular weight excluding hydrogens is 1000 g/mol. The van der Waals surface area contributed by atoms with Crippen molar-refractivity contribution in [3.05, 3.63) is 119 Å². The Morgan fingerprint density at radius 1 is 0.721 bits per heavy atom. The van der Waals surface area contributed by atoms with Gasteiger partial charge in [0.05, 0.1) is 42.3 Å². The number of alkyl halides is 6. The zero-order valence-electron chi connectivity index (χ0n) is 31.6. The number of halogens is 9. The molecule has 2 saturated carbocycles. The quantitative estimate of drug-likeness (QED) is 0.0859. The van der Waals surface area contributed by atoms with Gasteiger partial charge in [-0.05, 0) is 73.9 Å². The largest absolute Gasteiger partial charge is 0.465 e. The second-order valence-corrected chi connectivity index (χ2v) is 17.6. The van der Waals surface area contributed by atoms with E-state index in [9.17, 15) is 35.9 Å². The molecule has 4 aromatic heterocycles. The minimum atomic E-state index is -4.62. The summed E-state index contributed by atoms with van der Waals surface area (Å²) in [6.07, 6.45) is -3.26. The Morgan fingerprint density at radius 2 is 1.16 bits per heavy atom. The first-order chi connectivity index (χ1) is 28.9. The number of nitrogens with zero attached hydrogens (tertiary/aromatic N) is 4. The van der Waals surface area contributed by atoms with Gasteiger partial charge in [0.15, 0.2) is 10.3 Å². The third-order valence-electron chi connectivity index (χ3n) is 8.87. The maximum absolute atomic E-state index is 13.0. The number of nitrogen functional groups attached to an aromatic ring is 1. The van der Waals surface area contributed by atoms with Crippen LogP contribution in [-0.2, 0) is 21.8 Å². The molecule has 0 unspecified atom stereocenters. The Balaban J connectivity index is 0.000000169. The third-order valence-corrected chi connectivity index (χ3v) is 12.4. The van der Waals surface area contributed by atoms with Gasteiger partial charge in [-0.15, -0.1) is 22.7 Å². The van der Waals surface area contributed by atoms with Crippen LogP contribution in [0, 0.1) is 0 Å². The van der Waals surface area contributed by atoms with Gasteiger partial charge in [0.1, 0.15) is 16.5 Å². The van der Waals surface area contributed by atoms with Crippen LogP contribution in [-0.4, -0.2) is 46.1 Å². The molecule has 4 heterocycles. The lowest BCUT2D eigenvalue weighted by Crippen LogP contribution is -2.12. The Morgan fingerprint density at radius 3 is 1.64 bits per heavy atom. The Bertz CT molecular complexity index is 2530. The maximum atomic E-state index is 13.0. The predicted molar refractivity (Wildman–Crippen MR) is 228 cm³/mol. The highest BCUT2D eigenvalue weighted by molar-refractivity contribution is 9.10. The van der Waals surface area contributed by atoms with Crippen molar-refractivity contribution in [3.8, 4) is 22.5 Å². The van der Waals surface area contributed by atoms with Gasteiger partial charge in [0.2, 0.25) is 0 Å². The number of rotatable bonds is 8. The van der Waals surface area contributed by atoms with E-state index in [4.69, 9.17) is 17.3 Å². The number of carbonyl (C=O) groups is 2. The van der Waals surface area contributed by atoms with Crippen LogP contribution < -0.4 is 11.1 Å². The maximum Gasteiger partial charge on any atom is 0.417 e. The SMILES string of the molecule is COC(=O)c1cc(C(F)(F)F)cnc1Cl.COC(=O)c1cc(C(F)(F)F)cnc1Nc1nc(-c2ccc(Br)cc2)c(C2CC2)s1.Nc1nc(-c2ccc(Br)cc2)c(C2CC2)s1. The summed E-state index contributed by atoms with van der Waals surface area (Å²) in [5.41, 5.74) is 7.03. The summed E-state index contributed by atoms with van der Waals surface area (Å²) in [5.74, 6) is -0.791. The van der Waals surface area contributed by atoms with Crippen molar-refractivity contribution >= 4 is 94.2 Å². The van der Waals surface area contributed by atoms with E-state index < -0.39 is 41.0 Å². The van der Waals surface area contributed by atoms with Crippen LogP contribution in [0.1, 0.15) is 79.1 Å². The van der Waals surface area contributed by atoms with Crippen LogP contribution in [0.2, 0.25) is 5.15 Å². The number of benzene rings is 2. The van der Waals surface area contributed by atoms with Gasteiger partial charge in [0, 0.05) is 42.2 Å². The van der Waals surface area contributed by atoms with Crippen molar-refractivity contribution in [2.45, 2.75) is 49.9 Å². The third kappa shape index (κ3) is 11.8. The molecule has 8 rings (SSSR count). The molecule has 0 aliphatic heterocycles. The van der Waals surface area contributed by atoms with Crippen LogP contribution in [0.15, 0.2) is 82.0 Å². The molecule has 0 spiro atoms. The summed E-state index contributed by atoms with van der Waals surface area (Å²) in [7, 11) is 2.14. The lowest BCUT2D eigenvalue weighted by molar-refractivity contribution is -0.138. The van der Waals surface area contributed by atoms with Crippen molar-refractivity contribution in [1.29, 1.82) is 0 Å². The monoisotopic (exact) mass is 1030 g/mol. The smallest absolute Gasteiger partial charge is 0.417 e. The Kier molecular flexibility index (Phi) is 14.4. The first kappa shape index (κ1) is 45.9. The molecule has 0 amide bonds. The lowest BCUT2D eigenvalue weighted by Gasteiger charge is -2.11. The van der Waals surface area contributed by atoms with E-state index in [1.165, 1.54) is 29.1 Å². The Hall–Kier alpha value is -4.63. The lowest BCUT2D eigenvalue weighted by atomic mass is 10.1. The molecule has 2 aliphatic rings. The van der Waals surface area contributed by atoms with Crippen LogP contribution in [0.3, 0.4) is 0 Å². The number of thiazole rings is 2. The zero-order valence-corrected chi connectivity index (χ0v) is 37.2. The molecule has 2 aromatic carbocycles.